The number of carbonyl (C=O) groups is 2. The second-order valence-electron chi connectivity index (χ2n) is 13.2. The van der Waals surface area contributed by atoms with Crippen molar-refractivity contribution < 1.29 is 37.9 Å². The summed E-state index contributed by atoms with van der Waals surface area (Å²) in [7, 11) is -4.43. The number of phosphoric acid groups is 1. The van der Waals surface area contributed by atoms with Gasteiger partial charge >= 0.3 is 13.8 Å². The normalized spacial score (nSPS) is 14.2. The van der Waals surface area contributed by atoms with Crippen LogP contribution < -0.4 is 5.32 Å². The van der Waals surface area contributed by atoms with Crippen LogP contribution >= 0.6 is 7.82 Å². The number of ether oxygens (including phenoxy) is 1. The first kappa shape index (κ1) is 51.2. The van der Waals surface area contributed by atoms with Gasteiger partial charge in [-0.15, -0.1) is 0 Å². The molecule has 0 aliphatic carbocycles. The maximum Gasteiger partial charge on any atom is 0.472 e. The lowest BCUT2D eigenvalue weighted by atomic mass is 10.1. The first-order valence-electron chi connectivity index (χ1n) is 20.6. The van der Waals surface area contributed by atoms with Gasteiger partial charge in [0.2, 0.25) is 5.91 Å². The van der Waals surface area contributed by atoms with Crippen LogP contribution in [0, 0.1) is 0 Å². The van der Waals surface area contributed by atoms with E-state index in [4.69, 9.17) is 13.8 Å². The van der Waals surface area contributed by atoms with Crippen molar-refractivity contribution in [2.24, 2.45) is 0 Å². The Balaban J connectivity index is 3.71. The maximum atomic E-state index is 12.1. The number of nitrogens with one attached hydrogen (secondary N) is 1. The molecule has 2 atom stereocenters. The van der Waals surface area contributed by atoms with Crippen molar-refractivity contribution in [3.63, 3.8) is 0 Å². The van der Waals surface area contributed by atoms with Gasteiger partial charge in [0.05, 0.1) is 13.2 Å². The fourth-order valence-corrected chi connectivity index (χ4v) is 5.71. The highest BCUT2D eigenvalue weighted by Crippen LogP contribution is 2.42. The second-order valence-corrected chi connectivity index (χ2v) is 14.7. The number of aliphatic hydroxyl groups excluding tert-OH is 1. The van der Waals surface area contributed by atoms with Crippen LogP contribution in [0.3, 0.4) is 0 Å². The molecule has 1 amide bonds. The van der Waals surface area contributed by atoms with Crippen LogP contribution in [0.2, 0.25) is 0 Å². The Bertz CT molecular complexity index is 1160. The van der Waals surface area contributed by atoms with Gasteiger partial charge in [0.25, 0.3) is 0 Å². The van der Waals surface area contributed by atoms with E-state index < -0.39 is 26.5 Å². The minimum absolute atomic E-state index is 0.0566. The van der Waals surface area contributed by atoms with Crippen molar-refractivity contribution >= 4 is 19.7 Å². The van der Waals surface area contributed by atoms with Gasteiger partial charge in [-0.2, -0.15) is 0 Å². The molecule has 0 heterocycles. The van der Waals surface area contributed by atoms with Gasteiger partial charge in [0.1, 0.15) is 12.7 Å². The first-order chi connectivity index (χ1) is 26.3. The van der Waals surface area contributed by atoms with Crippen molar-refractivity contribution in [2.45, 2.75) is 155 Å². The predicted molar refractivity (Wildman–Crippen MR) is 224 cm³/mol. The molecule has 0 bridgehead atoms. The summed E-state index contributed by atoms with van der Waals surface area (Å²) in [4.78, 5) is 33.8. The molecule has 2 unspecified atom stereocenters. The van der Waals surface area contributed by atoms with Crippen LogP contribution in [0.15, 0.2) is 85.1 Å². The van der Waals surface area contributed by atoms with Gasteiger partial charge in [0, 0.05) is 19.4 Å². The van der Waals surface area contributed by atoms with Crippen LogP contribution in [-0.4, -0.2) is 54.3 Å². The summed E-state index contributed by atoms with van der Waals surface area (Å²) in [6.45, 7) is 3.31. The number of hydrogen-bond acceptors (Lipinski definition) is 7. The number of hydrogen-bond donors (Lipinski definition) is 3. The number of amides is 1. The molecule has 0 saturated heterocycles. The molecule has 0 radical (unpaired) electrons. The molecule has 0 aromatic carbocycles. The number of unbranched alkanes of at least 4 members (excludes halogenated alkanes) is 10. The van der Waals surface area contributed by atoms with Crippen LogP contribution in [0.25, 0.3) is 0 Å². The third-order valence-corrected chi connectivity index (χ3v) is 9.04. The molecule has 0 aromatic heterocycles. The largest absolute Gasteiger partial charge is 0.472 e. The maximum absolute atomic E-state index is 12.1. The summed E-state index contributed by atoms with van der Waals surface area (Å²) in [6, 6.07) is 0. The SMILES string of the molecule is CC/C=C\C/C=C\C/C=C\C/C=C\C/C=C\CCCCCC(=O)NCCOP(=O)(O)OCC(O)COC(=O)CCCCCCC/C=C\C/C=C\CCCC. The number of rotatable bonds is 37. The van der Waals surface area contributed by atoms with E-state index in [0.717, 1.165) is 103 Å². The van der Waals surface area contributed by atoms with E-state index in [9.17, 15) is 24.2 Å². The topological polar surface area (TPSA) is 131 Å². The lowest BCUT2D eigenvalue weighted by Crippen LogP contribution is -2.27. The summed E-state index contributed by atoms with van der Waals surface area (Å²) < 4.78 is 26.8. The molecule has 308 valence electrons. The van der Waals surface area contributed by atoms with Gasteiger partial charge in [-0.1, -0.05) is 137 Å². The fourth-order valence-electron chi connectivity index (χ4n) is 4.95. The second kappa shape index (κ2) is 39.9. The Morgan fingerprint density at radius 3 is 1.61 bits per heavy atom. The van der Waals surface area contributed by atoms with Gasteiger partial charge in [-0.3, -0.25) is 18.6 Å². The van der Waals surface area contributed by atoms with Crippen LogP contribution in [0.4, 0.5) is 0 Å². The fraction of sp³-hybridized carbons (Fsp3) is 0.636. The number of allylic oxidation sites excluding steroid dienone is 14. The van der Waals surface area contributed by atoms with Crippen molar-refractivity contribution in [2.75, 3.05) is 26.4 Å². The van der Waals surface area contributed by atoms with E-state index in [1.165, 1.54) is 12.8 Å². The molecule has 0 saturated carbocycles. The van der Waals surface area contributed by atoms with Crippen molar-refractivity contribution in [3.8, 4) is 0 Å². The zero-order chi connectivity index (χ0) is 39.6. The minimum Gasteiger partial charge on any atom is -0.463 e. The Hall–Kier alpha value is -2.81. The summed E-state index contributed by atoms with van der Waals surface area (Å²) >= 11 is 0. The molecular formula is C44H74NO8P. The highest BCUT2D eigenvalue weighted by Gasteiger charge is 2.23. The van der Waals surface area contributed by atoms with Crippen LogP contribution in [0.1, 0.15) is 149 Å². The Morgan fingerprint density at radius 2 is 1.06 bits per heavy atom. The number of esters is 1. The summed E-state index contributed by atoms with van der Waals surface area (Å²) in [5.74, 6) is -0.572. The first-order valence-corrected chi connectivity index (χ1v) is 22.1. The highest BCUT2D eigenvalue weighted by molar-refractivity contribution is 7.47. The molecule has 0 aromatic rings. The third-order valence-electron chi connectivity index (χ3n) is 8.06. The molecule has 10 heteroatoms. The zero-order valence-electron chi connectivity index (χ0n) is 33.6. The molecule has 0 aliphatic heterocycles. The lowest BCUT2D eigenvalue weighted by Gasteiger charge is -2.15. The summed E-state index contributed by atoms with van der Waals surface area (Å²) in [5.41, 5.74) is 0. The van der Waals surface area contributed by atoms with E-state index in [1.807, 2.05) is 0 Å². The quantitative estimate of drug-likeness (QED) is 0.0246. The standard InChI is InChI=1S/C44H74NO8P/c1-3-5-7-9-11-13-15-17-19-20-21-22-23-24-26-28-30-32-34-36-43(47)45-38-39-52-54(49,50)53-41-42(46)40-51-44(48)37-35-33-31-29-27-25-18-16-14-12-10-8-6-4-2/h5,7,10-13,16-19,21-22,24,26,42,46H,3-4,6,8-9,14-15,20,23,25,27-41H2,1-2H3,(H,45,47)(H,49,50)/b7-5-,12-10-,13-11-,18-16-,19-17-,22-21-,26-24-. The predicted octanol–water partition coefficient (Wildman–Crippen LogP) is 11.3. The third kappa shape index (κ3) is 40.4. The molecule has 0 fully saturated rings. The molecular weight excluding hydrogens is 701 g/mol. The Kier molecular flexibility index (Phi) is 37.8. The molecule has 0 spiro atoms. The van der Waals surface area contributed by atoms with E-state index in [0.29, 0.717) is 12.8 Å². The smallest absolute Gasteiger partial charge is 0.463 e. The number of phosphoric ester groups is 1. The average Bonchev–Trinajstić information content (AvgIpc) is 3.16. The van der Waals surface area contributed by atoms with Gasteiger partial charge < -0.3 is 20.1 Å². The number of aliphatic hydroxyl groups is 1. The molecule has 0 aliphatic rings. The van der Waals surface area contributed by atoms with Crippen molar-refractivity contribution in [1.29, 1.82) is 0 Å². The van der Waals surface area contributed by atoms with E-state index in [-0.39, 0.29) is 32.1 Å². The number of carbonyl (C=O) groups excluding carboxylic acids is 2. The van der Waals surface area contributed by atoms with Gasteiger partial charge in [0.15, 0.2) is 0 Å². The lowest BCUT2D eigenvalue weighted by molar-refractivity contribution is -0.147. The highest BCUT2D eigenvalue weighted by atomic mass is 31.2. The monoisotopic (exact) mass is 776 g/mol. The molecule has 54 heavy (non-hydrogen) atoms. The Labute approximate surface area is 328 Å². The van der Waals surface area contributed by atoms with E-state index >= 15 is 0 Å². The Morgan fingerprint density at radius 1 is 0.593 bits per heavy atom. The van der Waals surface area contributed by atoms with Gasteiger partial charge in [-0.05, 0) is 83.5 Å². The summed E-state index contributed by atoms with van der Waals surface area (Å²) in [6.07, 6.45) is 49.4. The summed E-state index contributed by atoms with van der Waals surface area (Å²) in [5, 5.41) is 12.6. The molecule has 3 N–H and O–H groups in total. The van der Waals surface area contributed by atoms with E-state index in [1.54, 1.807) is 0 Å². The zero-order valence-corrected chi connectivity index (χ0v) is 34.5. The minimum atomic E-state index is -4.43. The van der Waals surface area contributed by atoms with E-state index in [2.05, 4.69) is 104 Å². The van der Waals surface area contributed by atoms with Crippen molar-refractivity contribution in [3.05, 3.63) is 85.1 Å². The van der Waals surface area contributed by atoms with Gasteiger partial charge in [-0.25, -0.2) is 4.57 Å². The molecule has 0 rings (SSSR count). The van der Waals surface area contributed by atoms with Crippen LogP contribution in [0.5, 0.6) is 0 Å². The molecule has 9 nitrogen and oxygen atoms in total. The van der Waals surface area contributed by atoms with Crippen molar-refractivity contribution in [1.82, 2.24) is 5.32 Å². The average molecular weight is 776 g/mol. The van der Waals surface area contributed by atoms with Crippen LogP contribution in [-0.2, 0) is 27.9 Å².